The molecule has 20 heavy (non-hydrogen) atoms. The Bertz CT molecular complexity index is 441. The van der Waals surface area contributed by atoms with Gasteiger partial charge in [0, 0.05) is 6.54 Å². The number of hydrogen-bond donors (Lipinski definition) is 1. The van der Waals surface area contributed by atoms with Gasteiger partial charge in [-0.25, -0.2) is 0 Å². The first-order valence-electron chi connectivity index (χ1n) is 7.99. The molecule has 110 valence electrons. The molecule has 0 saturated carbocycles. The third-order valence-electron chi connectivity index (χ3n) is 4.55. The number of hydrogen-bond acceptors (Lipinski definition) is 3. The summed E-state index contributed by atoms with van der Waals surface area (Å²) in [7, 11) is 0. The van der Waals surface area contributed by atoms with Crippen LogP contribution in [0.4, 0.5) is 0 Å². The monoisotopic (exact) mass is 275 g/mol. The molecule has 1 aliphatic heterocycles. The zero-order chi connectivity index (χ0) is 13.8. The van der Waals surface area contributed by atoms with Gasteiger partial charge in [-0.3, -0.25) is 4.90 Å². The molecule has 1 fully saturated rings. The lowest BCUT2D eigenvalue weighted by Crippen LogP contribution is -2.33. The molecule has 1 aliphatic carbocycles. The second-order valence-electron chi connectivity index (χ2n) is 5.98. The molecule has 0 spiro atoms. The Morgan fingerprint density at radius 3 is 2.85 bits per heavy atom. The summed E-state index contributed by atoms with van der Waals surface area (Å²) in [5, 5.41) is 10.1. The average molecular weight is 275 g/mol. The number of aliphatic hydroxyl groups is 1. The number of nitrogens with zero attached hydrogens (tertiary/aromatic N) is 1. The average Bonchev–Trinajstić information content (AvgIpc) is 2.49. The fraction of sp³-hybridized carbons (Fsp3) is 0.647. The minimum atomic E-state index is -0.301. The van der Waals surface area contributed by atoms with Gasteiger partial charge in [-0.05, 0) is 62.4 Å². The van der Waals surface area contributed by atoms with E-state index in [0.29, 0.717) is 0 Å². The van der Waals surface area contributed by atoms with Crippen LogP contribution >= 0.6 is 0 Å². The Morgan fingerprint density at radius 2 is 2.00 bits per heavy atom. The molecule has 1 N–H and O–H groups in total. The largest absolute Gasteiger partial charge is 0.492 e. The number of piperidine rings is 1. The standard InChI is InChI=1S/C17H25NO2/c19-16-8-4-7-15-14(16)6-5-9-17(15)20-13-12-18-10-2-1-3-11-18/h5-6,9,16,19H,1-4,7-8,10-13H2. The van der Waals surface area contributed by atoms with Crippen LogP contribution in [0.15, 0.2) is 18.2 Å². The van der Waals surface area contributed by atoms with Crippen molar-refractivity contribution in [3.05, 3.63) is 29.3 Å². The molecule has 0 radical (unpaired) electrons. The third-order valence-corrected chi connectivity index (χ3v) is 4.55. The molecular weight excluding hydrogens is 250 g/mol. The quantitative estimate of drug-likeness (QED) is 0.917. The number of ether oxygens (including phenoxy) is 1. The van der Waals surface area contributed by atoms with E-state index in [-0.39, 0.29) is 6.10 Å². The van der Waals surface area contributed by atoms with Gasteiger partial charge in [-0.15, -0.1) is 0 Å². The molecule has 1 heterocycles. The second-order valence-corrected chi connectivity index (χ2v) is 5.98. The number of benzene rings is 1. The Morgan fingerprint density at radius 1 is 1.15 bits per heavy atom. The lowest BCUT2D eigenvalue weighted by atomic mass is 9.89. The minimum Gasteiger partial charge on any atom is -0.492 e. The van der Waals surface area contributed by atoms with Gasteiger partial charge in [0.2, 0.25) is 0 Å². The van der Waals surface area contributed by atoms with E-state index < -0.39 is 0 Å². The maximum atomic E-state index is 10.1. The van der Waals surface area contributed by atoms with E-state index in [0.717, 1.165) is 43.7 Å². The topological polar surface area (TPSA) is 32.7 Å². The second kappa shape index (κ2) is 6.59. The fourth-order valence-electron chi connectivity index (χ4n) is 3.39. The van der Waals surface area contributed by atoms with E-state index >= 15 is 0 Å². The molecular formula is C17H25NO2. The van der Waals surface area contributed by atoms with E-state index in [2.05, 4.69) is 4.90 Å². The van der Waals surface area contributed by atoms with Crippen molar-refractivity contribution in [2.45, 2.75) is 44.6 Å². The van der Waals surface area contributed by atoms with Gasteiger partial charge >= 0.3 is 0 Å². The van der Waals surface area contributed by atoms with Crippen LogP contribution in [-0.4, -0.2) is 36.2 Å². The van der Waals surface area contributed by atoms with Crippen LogP contribution in [0.25, 0.3) is 0 Å². The maximum Gasteiger partial charge on any atom is 0.122 e. The van der Waals surface area contributed by atoms with Crippen LogP contribution in [-0.2, 0) is 6.42 Å². The summed E-state index contributed by atoms with van der Waals surface area (Å²) in [4.78, 5) is 2.49. The van der Waals surface area contributed by atoms with Crippen LogP contribution in [0, 0.1) is 0 Å². The highest BCUT2D eigenvalue weighted by molar-refractivity contribution is 5.42. The van der Waals surface area contributed by atoms with Crippen molar-refractivity contribution in [2.75, 3.05) is 26.2 Å². The molecule has 1 saturated heterocycles. The zero-order valence-corrected chi connectivity index (χ0v) is 12.2. The van der Waals surface area contributed by atoms with Crippen LogP contribution in [0.2, 0.25) is 0 Å². The Balaban J connectivity index is 1.58. The summed E-state index contributed by atoms with van der Waals surface area (Å²) < 4.78 is 6.00. The first-order valence-corrected chi connectivity index (χ1v) is 7.99. The van der Waals surface area contributed by atoms with Gasteiger partial charge in [0.1, 0.15) is 12.4 Å². The van der Waals surface area contributed by atoms with Crippen LogP contribution < -0.4 is 4.74 Å². The van der Waals surface area contributed by atoms with Crippen LogP contribution in [0.5, 0.6) is 5.75 Å². The minimum absolute atomic E-state index is 0.301. The molecule has 0 aromatic heterocycles. The lowest BCUT2D eigenvalue weighted by molar-refractivity contribution is 0.153. The summed E-state index contributed by atoms with van der Waals surface area (Å²) >= 11 is 0. The Labute approximate surface area is 121 Å². The summed E-state index contributed by atoms with van der Waals surface area (Å²) in [5.74, 6) is 0.984. The van der Waals surface area contributed by atoms with Gasteiger partial charge in [0.05, 0.1) is 6.10 Å². The molecule has 1 aromatic rings. The molecule has 3 nitrogen and oxygen atoms in total. The summed E-state index contributed by atoms with van der Waals surface area (Å²) in [6, 6.07) is 6.09. The van der Waals surface area contributed by atoms with Crippen molar-refractivity contribution in [2.24, 2.45) is 0 Å². The van der Waals surface area contributed by atoms with E-state index in [1.165, 1.54) is 37.9 Å². The summed E-state index contributed by atoms with van der Waals surface area (Å²) in [6.07, 6.45) is 6.70. The molecule has 0 bridgehead atoms. The van der Waals surface area contributed by atoms with Gasteiger partial charge in [-0.2, -0.15) is 0 Å². The highest BCUT2D eigenvalue weighted by atomic mass is 16.5. The number of fused-ring (bicyclic) bond motifs is 1. The van der Waals surface area contributed by atoms with Gasteiger partial charge in [0.25, 0.3) is 0 Å². The fourth-order valence-corrected chi connectivity index (χ4v) is 3.39. The molecule has 3 heteroatoms. The molecule has 3 rings (SSSR count). The number of aliphatic hydroxyl groups excluding tert-OH is 1. The first-order chi connectivity index (χ1) is 9.84. The van der Waals surface area contributed by atoms with Crippen LogP contribution in [0.1, 0.15) is 49.3 Å². The Hall–Kier alpha value is -1.06. The summed E-state index contributed by atoms with van der Waals surface area (Å²) in [6.45, 7) is 4.21. The molecule has 1 aromatic carbocycles. The summed E-state index contributed by atoms with van der Waals surface area (Å²) in [5.41, 5.74) is 2.30. The van der Waals surface area contributed by atoms with Gasteiger partial charge in [-0.1, -0.05) is 18.6 Å². The van der Waals surface area contributed by atoms with E-state index in [4.69, 9.17) is 4.74 Å². The van der Waals surface area contributed by atoms with Crippen molar-refractivity contribution >= 4 is 0 Å². The van der Waals surface area contributed by atoms with Crippen molar-refractivity contribution in [3.8, 4) is 5.75 Å². The normalized spacial score (nSPS) is 23.4. The number of likely N-dealkylation sites (tertiary alicyclic amines) is 1. The Kier molecular flexibility index (Phi) is 4.58. The smallest absolute Gasteiger partial charge is 0.122 e. The van der Waals surface area contributed by atoms with Crippen molar-refractivity contribution in [1.29, 1.82) is 0 Å². The zero-order valence-electron chi connectivity index (χ0n) is 12.2. The van der Waals surface area contributed by atoms with Gasteiger partial charge in [0.15, 0.2) is 0 Å². The van der Waals surface area contributed by atoms with Gasteiger partial charge < -0.3 is 9.84 Å². The molecule has 2 aliphatic rings. The number of rotatable bonds is 4. The van der Waals surface area contributed by atoms with E-state index in [1.807, 2.05) is 18.2 Å². The van der Waals surface area contributed by atoms with Crippen molar-refractivity contribution in [1.82, 2.24) is 4.90 Å². The predicted molar refractivity (Wildman–Crippen MR) is 80.1 cm³/mol. The van der Waals surface area contributed by atoms with E-state index in [9.17, 15) is 5.11 Å². The van der Waals surface area contributed by atoms with Crippen molar-refractivity contribution < 1.29 is 9.84 Å². The SMILES string of the molecule is OC1CCCc2c(OCCN3CCCCC3)cccc21. The van der Waals surface area contributed by atoms with Crippen molar-refractivity contribution in [3.63, 3.8) is 0 Å². The van der Waals surface area contributed by atoms with E-state index in [1.54, 1.807) is 0 Å². The molecule has 0 amide bonds. The predicted octanol–water partition coefficient (Wildman–Crippen LogP) is 2.92. The third kappa shape index (κ3) is 3.15. The molecule has 1 atom stereocenters. The van der Waals surface area contributed by atoms with Crippen LogP contribution in [0.3, 0.4) is 0 Å². The highest BCUT2D eigenvalue weighted by Crippen LogP contribution is 2.35. The lowest BCUT2D eigenvalue weighted by Gasteiger charge is -2.27. The maximum absolute atomic E-state index is 10.1. The first kappa shape index (κ1) is 13.9. The molecule has 1 unspecified atom stereocenters. The highest BCUT2D eigenvalue weighted by Gasteiger charge is 2.20.